The third kappa shape index (κ3) is 4.91. The van der Waals surface area contributed by atoms with Crippen molar-refractivity contribution in [2.45, 2.75) is 45.2 Å². The molecule has 0 saturated carbocycles. The van der Waals surface area contributed by atoms with Gasteiger partial charge in [0, 0.05) is 24.7 Å². The number of aliphatic hydroxyl groups excluding tert-OH is 1. The molecular formula is C12H24N2O3. The molecule has 1 fully saturated rings. The molecule has 5 nitrogen and oxygen atoms in total. The second-order valence-corrected chi connectivity index (χ2v) is 5.44. The van der Waals surface area contributed by atoms with E-state index in [4.69, 9.17) is 9.84 Å². The van der Waals surface area contributed by atoms with Crippen LogP contribution in [0.2, 0.25) is 0 Å². The monoisotopic (exact) mass is 244 g/mol. The van der Waals surface area contributed by atoms with Crippen LogP contribution in [0.5, 0.6) is 0 Å². The van der Waals surface area contributed by atoms with E-state index in [1.165, 1.54) is 0 Å². The molecule has 1 amide bonds. The van der Waals surface area contributed by atoms with Gasteiger partial charge in [0.05, 0.1) is 6.61 Å². The zero-order valence-electron chi connectivity index (χ0n) is 11.0. The number of nitrogens with zero attached hydrogens (tertiary/aromatic N) is 1. The number of carbonyl (C=O) groups is 1. The van der Waals surface area contributed by atoms with Gasteiger partial charge in [0.25, 0.3) is 0 Å². The molecule has 1 aliphatic rings. The molecule has 0 spiro atoms. The molecule has 0 radical (unpaired) electrons. The number of amides is 1. The molecule has 100 valence electrons. The molecule has 0 aromatic carbocycles. The summed E-state index contributed by atoms with van der Waals surface area (Å²) < 4.78 is 4.77. The van der Waals surface area contributed by atoms with E-state index in [0.717, 1.165) is 25.9 Å². The minimum Gasteiger partial charge on any atom is -0.447 e. The molecule has 0 aromatic rings. The fourth-order valence-electron chi connectivity index (χ4n) is 2.04. The second-order valence-electron chi connectivity index (χ2n) is 5.44. The topological polar surface area (TPSA) is 61.8 Å². The zero-order valence-corrected chi connectivity index (χ0v) is 11.0. The van der Waals surface area contributed by atoms with E-state index in [-0.39, 0.29) is 24.8 Å². The fourth-order valence-corrected chi connectivity index (χ4v) is 2.04. The number of ether oxygens (including phenoxy) is 1. The number of carbonyl (C=O) groups excluding carboxylic acids is 1. The first kappa shape index (κ1) is 14.3. The molecule has 1 saturated heterocycles. The van der Waals surface area contributed by atoms with Gasteiger partial charge >= 0.3 is 6.09 Å². The highest BCUT2D eigenvalue weighted by molar-refractivity contribution is 5.67. The third-order valence-corrected chi connectivity index (χ3v) is 3.09. The summed E-state index contributed by atoms with van der Waals surface area (Å²) in [6, 6.07) is 0.194. The summed E-state index contributed by atoms with van der Waals surface area (Å²) in [6.45, 7) is 8.54. The Hall–Kier alpha value is -0.810. The Kier molecular flexibility index (Phi) is 5.21. The van der Waals surface area contributed by atoms with Crippen molar-refractivity contribution in [3.63, 3.8) is 0 Å². The normalized spacial score (nSPS) is 19.1. The number of hydrogen-bond acceptors (Lipinski definition) is 4. The molecule has 0 aliphatic carbocycles. The average Bonchev–Trinajstić information content (AvgIpc) is 2.26. The highest BCUT2D eigenvalue weighted by Gasteiger charge is 2.27. The van der Waals surface area contributed by atoms with Crippen molar-refractivity contribution in [2.75, 3.05) is 26.3 Å². The van der Waals surface area contributed by atoms with Crippen LogP contribution in [0, 0.1) is 0 Å². The van der Waals surface area contributed by atoms with Gasteiger partial charge in [-0.3, -0.25) is 4.90 Å². The SMILES string of the molecule is CC(C)(C)N1CCC(NC(=O)OCCO)CC1. The van der Waals surface area contributed by atoms with Gasteiger partial charge in [-0.25, -0.2) is 4.79 Å². The smallest absolute Gasteiger partial charge is 0.407 e. The molecule has 1 aliphatic heterocycles. The highest BCUT2D eigenvalue weighted by atomic mass is 16.6. The number of likely N-dealkylation sites (tertiary alicyclic amines) is 1. The van der Waals surface area contributed by atoms with E-state index >= 15 is 0 Å². The van der Waals surface area contributed by atoms with Crippen molar-refractivity contribution in [1.82, 2.24) is 10.2 Å². The van der Waals surface area contributed by atoms with Crippen molar-refractivity contribution in [2.24, 2.45) is 0 Å². The molecule has 2 N–H and O–H groups in total. The number of hydrogen-bond donors (Lipinski definition) is 2. The number of rotatable bonds is 3. The lowest BCUT2D eigenvalue weighted by Crippen LogP contribution is -2.50. The van der Waals surface area contributed by atoms with E-state index in [2.05, 4.69) is 31.0 Å². The van der Waals surface area contributed by atoms with Gasteiger partial charge in [-0.1, -0.05) is 0 Å². The minimum atomic E-state index is -0.423. The molecule has 17 heavy (non-hydrogen) atoms. The van der Waals surface area contributed by atoms with Gasteiger partial charge in [-0.05, 0) is 33.6 Å². The lowest BCUT2D eigenvalue weighted by Gasteiger charge is -2.40. The minimum absolute atomic E-state index is 0.0622. The molecule has 5 heteroatoms. The molecular weight excluding hydrogens is 220 g/mol. The summed E-state index contributed by atoms with van der Waals surface area (Å²) in [7, 11) is 0. The maximum Gasteiger partial charge on any atom is 0.407 e. The van der Waals surface area contributed by atoms with Crippen LogP contribution in [0.15, 0.2) is 0 Å². The highest BCUT2D eigenvalue weighted by Crippen LogP contribution is 2.19. The van der Waals surface area contributed by atoms with Crippen LogP contribution in [-0.2, 0) is 4.74 Å². The number of alkyl carbamates (subject to hydrolysis) is 1. The first-order valence-corrected chi connectivity index (χ1v) is 6.22. The van der Waals surface area contributed by atoms with Crippen LogP contribution in [0.1, 0.15) is 33.6 Å². The summed E-state index contributed by atoms with van der Waals surface area (Å²) in [5, 5.41) is 11.4. The predicted octanol–water partition coefficient (Wildman–Crippen LogP) is 0.968. The van der Waals surface area contributed by atoms with Crippen molar-refractivity contribution in [1.29, 1.82) is 0 Å². The van der Waals surface area contributed by atoms with Gasteiger partial charge < -0.3 is 15.2 Å². The van der Waals surface area contributed by atoms with Gasteiger partial charge in [-0.2, -0.15) is 0 Å². The Morgan fingerprint density at radius 1 is 1.41 bits per heavy atom. The van der Waals surface area contributed by atoms with Crippen LogP contribution in [-0.4, -0.2) is 54.0 Å². The Bertz CT molecular complexity index is 243. The van der Waals surface area contributed by atoms with Crippen molar-refractivity contribution in [3.05, 3.63) is 0 Å². The molecule has 0 atom stereocenters. The van der Waals surface area contributed by atoms with E-state index in [1.54, 1.807) is 0 Å². The van der Waals surface area contributed by atoms with E-state index in [0.29, 0.717) is 0 Å². The first-order chi connectivity index (χ1) is 7.93. The largest absolute Gasteiger partial charge is 0.447 e. The summed E-state index contributed by atoms with van der Waals surface area (Å²) in [5.41, 5.74) is 0.197. The number of nitrogens with one attached hydrogen (secondary N) is 1. The van der Waals surface area contributed by atoms with E-state index < -0.39 is 6.09 Å². The maximum atomic E-state index is 11.3. The summed E-state index contributed by atoms with van der Waals surface area (Å²) in [5.74, 6) is 0. The number of aliphatic hydroxyl groups is 1. The summed E-state index contributed by atoms with van der Waals surface area (Å²) in [4.78, 5) is 13.7. The van der Waals surface area contributed by atoms with E-state index in [1.807, 2.05) is 0 Å². The van der Waals surface area contributed by atoms with Gasteiger partial charge in [0.1, 0.15) is 6.61 Å². The Morgan fingerprint density at radius 2 is 2.00 bits per heavy atom. The van der Waals surface area contributed by atoms with Gasteiger partial charge in [0.2, 0.25) is 0 Å². The quantitative estimate of drug-likeness (QED) is 0.776. The van der Waals surface area contributed by atoms with Gasteiger partial charge in [0.15, 0.2) is 0 Å². The fraction of sp³-hybridized carbons (Fsp3) is 0.917. The predicted molar refractivity (Wildman–Crippen MR) is 65.9 cm³/mol. The Labute approximate surface area is 103 Å². The Balaban J connectivity index is 2.25. The second kappa shape index (κ2) is 6.21. The lowest BCUT2D eigenvalue weighted by molar-refractivity contribution is 0.0861. The van der Waals surface area contributed by atoms with Crippen molar-refractivity contribution < 1.29 is 14.6 Å². The summed E-state index contributed by atoms with van der Waals surface area (Å²) in [6.07, 6.45) is 1.48. The standard InChI is InChI=1S/C12H24N2O3/c1-12(2,3)14-6-4-10(5-7-14)13-11(16)17-9-8-15/h10,15H,4-9H2,1-3H3,(H,13,16). The van der Waals surface area contributed by atoms with Gasteiger partial charge in [-0.15, -0.1) is 0 Å². The third-order valence-electron chi connectivity index (χ3n) is 3.09. The van der Waals surface area contributed by atoms with Crippen molar-refractivity contribution >= 4 is 6.09 Å². The Morgan fingerprint density at radius 3 is 2.47 bits per heavy atom. The molecule has 1 heterocycles. The van der Waals surface area contributed by atoms with Crippen molar-refractivity contribution in [3.8, 4) is 0 Å². The average molecular weight is 244 g/mol. The summed E-state index contributed by atoms with van der Waals surface area (Å²) >= 11 is 0. The van der Waals surface area contributed by atoms with Crippen LogP contribution in [0.3, 0.4) is 0 Å². The van der Waals surface area contributed by atoms with Crippen LogP contribution in [0.25, 0.3) is 0 Å². The molecule has 0 bridgehead atoms. The van der Waals surface area contributed by atoms with Crippen LogP contribution < -0.4 is 5.32 Å². The molecule has 0 aromatic heterocycles. The first-order valence-electron chi connectivity index (χ1n) is 6.22. The maximum absolute atomic E-state index is 11.3. The molecule has 1 rings (SSSR count). The van der Waals surface area contributed by atoms with Crippen LogP contribution in [0.4, 0.5) is 4.79 Å². The molecule has 0 unspecified atom stereocenters. The van der Waals surface area contributed by atoms with E-state index in [9.17, 15) is 4.79 Å². The lowest BCUT2D eigenvalue weighted by atomic mass is 9.98. The number of piperidine rings is 1. The van der Waals surface area contributed by atoms with Crippen LogP contribution >= 0.6 is 0 Å². The zero-order chi connectivity index (χ0) is 12.9.